The second kappa shape index (κ2) is 8.16. The molecule has 0 fully saturated rings. The van der Waals surface area contributed by atoms with Crippen molar-refractivity contribution in [3.05, 3.63) is 57.1 Å². The number of nitrogens with one attached hydrogen (secondary N) is 2. The maximum Gasteiger partial charge on any atom is 0.404 e. The van der Waals surface area contributed by atoms with E-state index in [9.17, 15) is 14.9 Å². The van der Waals surface area contributed by atoms with Gasteiger partial charge in [-0.1, -0.05) is 22.0 Å². The summed E-state index contributed by atoms with van der Waals surface area (Å²) in [5.74, 6) is 0.518. The monoisotopic (exact) mass is 395 g/mol. The highest BCUT2D eigenvalue weighted by molar-refractivity contribution is 9.10. The standard InChI is InChI=1S/C15H14BrN3O5/c16-10-4-5-14(19(22)23)13(8-10)18-11-2-1-3-12(9-11)24-7-6-17-15(20)21/h1-5,8-9,17-18H,6-7H2,(H,20,21). The molecule has 0 aliphatic carbocycles. The molecule has 0 bridgehead atoms. The van der Waals surface area contributed by atoms with Crippen LogP contribution in [-0.4, -0.2) is 29.3 Å². The fourth-order valence-electron chi connectivity index (χ4n) is 1.91. The topological polar surface area (TPSA) is 114 Å². The minimum absolute atomic E-state index is 0.0461. The minimum atomic E-state index is -1.11. The Hall–Kier alpha value is -2.81. The second-order valence-corrected chi connectivity index (χ2v) is 5.57. The van der Waals surface area contributed by atoms with Gasteiger partial charge in [0.1, 0.15) is 18.0 Å². The van der Waals surface area contributed by atoms with E-state index in [1.165, 1.54) is 6.07 Å². The van der Waals surface area contributed by atoms with E-state index >= 15 is 0 Å². The molecule has 8 nitrogen and oxygen atoms in total. The summed E-state index contributed by atoms with van der Waals surface area (Å²) >= 11 is 3.28. The van der Waals surface area contributed by atoms with E-state index < -0.39 is 11.0 Å². The van der Waals surface area contributed by atoms with Gasteiger partial charge in [0.15, 0.2) is 0 Å². The van der Waals surface area contributed by atoms with E-state index in [2.05, 4.69) is 26.6 Å². The van der Waals surface area contributed by atoms with Crippen molar-refractivity contribution < 1.29 is 19.6 Å². The smallest absolute Gasteiger partial charge is 0.404 e. The minimum Gasteiger partial charge on any atom is -0.492 e. The molecule has 24 heavy (non-hydrogen) atoms. The van der Waals surface area contributed by atoms with Gasteiger partial charge in [-0.25, -0.2) is 4.79 Å². The zero-order valence-electron chi connectivity index (χ0n) is 12.4. The number of ether oxygens (including phenoxy) is 1. The Balaban J connectivity index is 2.08. The summed E-state index contributed by atoms with van der Waals surface area (Å²) in [5, 5.41) is 24.7. The van der Waals surface area contributed by atoms with E-state index in [4.69, 9.17) is 9.84 Å². The van der Waals surface area contributed by atoms with Gasteiger partial charge in [0.2, 0.25) is 0 Å². The Morgan fingerprint density at radius 1 is 1.29 bits per heavy atom. The van der Waals surface area contributed by atoms with Gasteiger partial charge in [0.25, 0.3) is 5.69 Å². The molecule has 0 saturated carbocycles. The van der Waals surface area contributed by atoms with E-state index in [-0.39, 0.29) is 18.8 Å². The summed E-state index contributed by atoms with van der Waals surface area (Å²) in [6, 6.07) is 11.5. The molecule has 0 unspecified atom stereocenters. The molecule has 0 atom stereocenters. The lowest BCUT2D eigenvalue weighted by molar-refractivity contribution is -0.383. The Bertz CT molecular complexity index is 754. The second-order valence-electron chi connectivity index (χ2n) is 4.65. The van der Waals surface area contributed by atoms with Gasteiger partial charge in [-0.3, -0.25) is 10.1 Å². The van der Waals surface area contributed by atoms with E-state index in [1.807, 2.05) is 0 Å². The van der Waals surface area contributed by atoms with Crippen LogP contribution in [-0.2, 0) is 0 Å². The van der Waals surface area contributed by atoms with Gasteiger partial charge in [-0.05, 0) is 24.3 Å². The van der Waals surface area contributed by atoms with Gasteiger partial charge < -0.3 is 20.5 Å². The Labute approximate surface area is 145 Å². The molecule has 2 rings (SSSR count). The molecule has 0 radical (unpaired) electrons. The molecule has 126 valence electrons. The number of benzene rings is 2. The largest absolute Gasteiger partial charge is 0.492 e. The first kappa shape index (κ1) is 17.5. The van der Waals surface area contributed by atoms with Gasteiger partial charge >= 0.3 is 6.09 Å². The van der Waals surface area contributed by atoms with Crippen molar-refractivity contribution in [3.63, 3.8) is 0 Å². The summed E-state index contributed by atoms with van der Waals surface area (Å²) < 4.78 is 6.14. The third kappa shape index (κ3) is 5.13. The first-order valence-electron chi connectivity index (χ1n) is 6.86. The van der Waals surface area contributed by atoms with Crippen LogP contribution in [0.25, 0.3) is 0 Å². The van der Waals surface area contributed by atoms with Crippen LogP contribution in [0.15, 0.2) is 46.9 Å². The Kier molecular flexibility index (Phi) is 5.96. The number of nitro benzene ring substituents is 1. The number of nitrogens with zero attached hydrogens (tertiary/aromatic N) is 1. The lowest BCUT2D eigenvalue weighted by Gasteiger charge is -2.10. The Morgan fingerprint density at radius 2 is 2.08 bits per heavy atom. The summed E-state index contributed by atoms with van der Waals surface area (Å²) in [7, 11) is 0. The van der Waals surface area contributed by atoms with Crippen molar-refractivity contribution >= 4 is 39.1 Å². The highest BCUT2D eigenvalue weighted by atomic mass is 79.9. The van der Waals surface area contributed by atoms with Crippen molar-refractivity contribution in [1.29, 1.82) is 0 Å². The summed E-state index contributed by atoms with van der Waals surface area (Å²) in [6.45, 7) is 0.330. The maximum atomic E-state index is 11.1. The zero-order valence-corrected chi connectivity index (χ0v) is 13.9. The third-order valence-corrected chi connectivity index (χ3v) is 3.41. The number of hydrogen-bond acceptors (Lipinski definition) is 5. The number of anilines is 2. The van der Waals surface area contributed by atoms with Gasteiger partial charge in [0, 0.05) is 22.3 Å². The van der Waals surface area contributed by atoms with Crippen LogP contribution in [0.2, 0.25) is 0 Å². The molecule has 0 aliphatic rings. The van der Waals surface area contributed by atoms with Crippen LogP contribution < -0.4 is 15.4 Å². The normalized spacial score (nSPS) is 10.0. The lowest BCUT2D eigenvalue weighted by Crippen LogP contribution is -2.26. The number of nitro groups is 1. The molecule has 0 aliphatic heterocycles. The molecular weight excluding hydrogens is 382 g/mol. The first-order valence-corrected chi connectivity index (χ1v) is 7.65. The number of carboxylic acid groups (broad SMARTS) is 1. The predicted molar refractivity (Wildman–Crippen MR) is 92.0 cm³/mol. The summed E-state index contributed by atoms with van der Waals surface area (Å²) in [6.07, 6.45) is -1.11. The number of halogens is 1. The number of rotatable bonds is 7. The number of amides is 1. The van der Waals surface area contributed by atoms with Crippen molar-refractivity contribution in [2.24, 2.45) is 0 Å². The molecule has 0 heterocycles. The molecule has 0 spiro atoms. The molecule has 0 aromatic heterocycles. The van der Waals surface area contributed by atoms with E-state index in [1.54, 1.807) is 36.4 Å². The molecule has 2 aromatic rings. The van der Waals surface area contributed by atoms with Crippen molar-refractivity contribution in [1.82, 2.24) is 5.32 Å². The number of carbonyl (C=O) groups is 1. The first-order chi connectivity index (χ1) is 11.5. The van der Waals surface area contributed by atoms with Crippen LogP contribution in [0.5, 0.6) is 5.75 Å². The van der Waals surface area contributed by atoms with Crippen LogP contribution in [0, 0.1) is 10.1 Å². The van der Waals surface area contributed by atoms with E-state index in [0.29, 0.717) is 21.6 Å². The predicted octanol–water partition coefficient (Wildman–Crippen LogP) is 3.75. The molecular formula is C15H14BrN3O5. The zero-order chi connectivity index (χ0) is 17.5. The van der Waals surface area contributed by atoms with Crippen molar-refractivity contribution in [3.8, 4) is 5.75 Å². The van der Waals surface area contributed by atoms with Gasteiger partial charge in [-0.15, -0.1) is 0 Å². The molecule has 3 N–H and O–H groups in total. The molecule has 2 aromatic carbocycles. The van der Waals surface area contributed by atoms with Gasteiger partial charge in [-0.2, -0.15) is 0 Å². The van der Waals surface area contributed by atoms with Crippen LogP contribution in [0.4, 0.5) is 21.9 Å². The number of hydrogen-bond donors (Lipinski definition) is 3. The quantitative estimate of drug-likeness (QED) is 0.373. The SMILES string of the molecule is O=C(O)NCCOc1cccc(Nc2cc(Br)ccc2[N+](=O)[O-])c1. The van der Waals surface area contributed by atoms with E-state index in [0.717, 1.165) is 0 Å². The fraction of sp³-hybridized carbons (Fsp3) is 0.133. The highest BCUT2D eigenvalue weighted by Crippen LogP contribution is 2.31. The molecule has 1 amide bonds. The third-order valence-electron chi connectivity index (χ3n) is 2.92. The van der Waals surface area contributed by atoms with Crippen LogP contribution in [0.3, 0.4) is 0 Å². The van der Waals surface area contributed by atoms with Crippen LogP contribution >= 0.6 is 15.9 Å². The van der Waals surface area contributed by atoms with Crippen LogP contribution in [0.1, 0.15) is 0 Å². The van der Waals surface area contributed by atoms with Crippen molar-refractivity contribution in [2.75, 3.05) is 18.5 Å². The average Bonchev–Trinajstić information content (AvgIpc) is 2.51. The summed E-state index contributed by atoms with van der Waals surface area (Å²) in [5.41, 5.74) is 0.911. The van der Waals surface area contributed by atoms with Gasteiger partial charge in [0.05, 0.1) is 11.5 Å². The fourth-order valence-corrected chi connectivity index (χ4v) is 2.27. The maximum absolute atomic E-state index is 11.1. The molecule has 0 saturated heterocycles. The highest BCUT2D eigenvalue weighted by Gasteiger charge is 2.14. The summed E-state index contributed by atoms with van der Waals surface area (Å²) in [4.78, 5) is 21.0. The average molecular weight is 396 g/mol. The molecule has 9 heteroatoms. The Morgan fingerprint density at radius 3 is 2.79 bits per heavy atom. The lowest BCUT2D eigenvalue weighted by atomic mass is 10.2. The van der Waals surface area contributed by atoms with Crippen molar-refractivity contribution in [2.45, 2.75) is 0 Å².